The fourth-order valence-electron chi connectivity index (χ4n) is 1.16. The zero-order valence-corrected chi connectivity index (χ0v) is 9.68. The van der Waals surface area contributed by atoms with E-state index >= 15 is 0 Å². The van der Waals surface area contributed by atoms with Crippen LogP contribution in [0.3, 0.4) is 0 Å². The molecule has 0 aliphatic rings. The van der Waals surface area contributed by atoms with Crippen LogP contribution in [0.5, 0.6) is 0 Å². The topological polar surface area (TPSA) is 100 Å². The van der Waals surface area contributed by atoms with Crippen LogP contribution in [0.25, 0.3) is 0 Å². The van der Waals surface area contributed by atoms with Gasteiger partial charge in [0.2, 0.25) is 5.71 Å². The monoisotopic (exact) mass is 233 g/mol. The first-order valence-corrected chi connectivity index (χ1v) is 4.71. The highest BCUT2D eigenvalue weighted by Gasteiger charge is 2.13. The summed E-state index contributed by atoms with van der Waals surface area (Å²) in [4.78, 5) is 24.0. The lowest BCUT2D eigenvalue weighted by Crippen LogP contribution is -2.22. The number of nitrogens with zero attached hydrogens (tertiary/aromatic N) is 4. The predicted octanol–water partition coefficient (Wildman–Crippen LogP) is 0.558. The lowest BCUT2D eigenvalue weighted by molar-refractivity contribution is -0.110. The highest BCUT2D eigenvalue weighted by Crippen LogP contribution is 2.05. The van der Waals surface area contributed by atoms with Crippen molar-refractivity contribution in [2.75, 3.05) is 12.4 Å². The van der Waals surface area contributed by atoms with Crippen molar-refractivity contribution in [3.63, 3.8) is 0 Å². The molecular formula is C10H11N5O2. The summed E-state index contributed by atoms with van der Waals surface area (Å²) in [6, 6.07) is 3.21. The molecule has 0 saturated heterocycles. The Kier molecular flexibility index (Phi) is 4.11. The molecule has 0 aromatic carbocycles. The van der Waals surface area contributed by atoms with Crippen molar-refractivity contribution in [3.8, 4) is 6.07 Å². The normalized spacial score (nSPS) is 10.6. The Balaban J connectivity index is 2.88. The van der Waals surface area contributed by atoms with Gasteiger partial charge < -0.3 is 10.2 Å². The number of aryl methyl sites for hydroxylation is 2. The molecule has 0 aliphatic carbocycles. The number of aromatic nitrogens is 2. The minimum atomic E-state index is -0.674. The maximum atomic E-state index is 11.6. The molecule has 1 heterocycles. The average molecular weight is 233 g/mol. The lowest BCUT2D eigenvalue weighted by atomic mass is 10.3. The molecule has 88 valence electrons. The molecule has 0 bridgehead atoms. The Morgan fingerprint density at radius 2 is 2.24 bits per heavy atom. The molecule has 0 unspecified atom stereocenters. The van der Waals surface area contributed by atoms with E-state index in [9.17, 15) is 4.79 Å². The summed E-state index contributed by atoms with van der Waals surface area (Å²) in [5.41, 5.74) is 0.344. The summed E-state index contributed by atoms with van der Waals surface area (Å²) in [7, 11) is 1.25. The van der Waals surface area contributed by atoms with Crippen LogP contribution in [0.2, 0.25) is 0 Å². The van der Waals surface area contributed by atoms with E-state index in [0.29, 0.717) is 11.6 Å². The van der Waals surface area contributed by atoms with Crippen molar-refractivity contribution in [2.24, 2.45) is 5.16 Å². The lowest BCUT2D eigenvalue weighted by Gasteiger charge is -2.04. The molecular weight excluding hydrogens is 222 g/mol. The van der Waals surface area contributed by atoms with Gasteiger partial charge in [0.05, 0.1) is 0 Å². The van der Waals surface area contributed by atoms with Gasteiger partial charge in [-0.15, -0.1) is 0 Å². The molecule has 1 N–H and O–H groups in total. The highest BCUT2D eigenvalue weighted by atomic mass is 16.6. The van der Waals surface area contributed by atoms with Gasteiger partial charge in [0, 0.05) is 11.8 Å². The molecule has 1 aromatic rings. The van der Waals surface area contributed by atoms with E-state index in [-0.39, 0.29) is 5.71 Å². The summed E-state index contributed by atoms with van der Waals surface area (Å²) in [6.07, 6.45) is 0. The van der Waals surface area contributed by atoms with Crippen LogP contribution in [0.15, 0.2) is 11.2 Å². The van der Waals surface area contributed by atoms with Crippen LogP contribution in [-0.2, 0) is 9.63 Å². The molecule has 7 nitrogen and oxygen atoms in total. The van der Waals surface area contributed by atoms with E-state index in [4.69, 9.17) is 5.26 Å². The zero-order chi connectivity index (χ0) is 12.8. The molecule has 0 aliphatic heterocycles. The van der Waals surface area contributed by atoms with E-state index < -0.39 is 5.91 Å². The number of carbonyl (C=O) groups is 1. The third-order valence-corrected chi connectivity index (χ3v) is 1.71. The maximum Gasteiger partial charge on any atom is 0.289 e. The summed E-state index contributed by atoms with van der Waals surface area (Å²) >= 11 is 0. The molecule has 1 aromatic heterocycles. The number of hydrogen-bond acceptors (Lipinski definition) is 6. The quantitative estimate of drug-likeness (QED) is 0.607. The minimum absolute atomic E-state index is 0.319. The van der Waals surface area contributed by atoms with Gasteiger partial charge in [-0.2, -0.15) is 5.26 Å². The van der Waals surface area contributed by atoms with Crippen molar-refractivity contribution in [1.82, 2.24) is 9.97 Å². The van der Waals surface area contributed by atoms with Crippen molar-refractivity contribution in [3.05, 3.63) is 17.6 Å². The second-order valence-electron chi connectivity index (χ2n) is 3.13. The van der Waals surface area contributed by atoms with Crippen LogP contribution in [0.4, 0.5) is 5.82 Å². The first-order chi connectivity index (χ1) is 8.06. The second-order valence-corrected chi connectivity index (χ2v) is 3.13. The molecule has 0 fully saturated rings. The van der Waals surface area contributed by atoms with Crippen molar-refractivity contribution in [2.45, 2.75) is 13.8 Å². The van der Waals surface area contributed by atoms with Gasteiger partial charge in [-0.25, -0.2) is 9.97 Å². The Morgan fingerprint density at radius 1 is 1.53 bits per heavy atom. The minimum Gasteiger partial charge on any atom is -0.398 e. The van der Waals surface area contributed by atoms with Gasteiger partial charge in [0.15, 0.2) is 0 Å². The van der Waals surface area contributed by atoms with Gasteiger partial charge in [0.1, 0.15) is 24.8 Å². The summed E-state index contributed by atoms with van der Waals surface area (Å²) in [5, 5.41) is 14.4. The van der Waals surface area contributed by atoms with Crippen LogP contribution >= 0.6 is 0 Å². The first-order valence-electron chi connectivity index (χ1n) is 4.71. The molecule has 0 saturated carbocycles. The largest absolute Gasteiger partial charge is 0.398 e. The average Bonchev–Trinajstić information content (AvgIpc) is 2.24. The van der Waals surface area contributed by atoms with Gasteiger partial charge in [-0.05, 0) is 13.8 Å². The van der Waals surface area contributed by atoms with Crippen LogP contribution in [-0.4, -0.2) is 28.7 Å². The molecule has 0 radical (unpaired) electrons. The zero-order valence-electron chi connectivity index (χ0n) is 9.68. The van der Waals surface area contributed by atoms with Gasteiger partial charge in [-0.3, -0.25) is 4.79 Å². The Morgan fingerprint density at radius 3 is 2.76 bits per heavy atom. The van der Waals surface area contributed by atoms with Crippen LogP contribution in [0.1, 0.15) is 11.5 Å². The highest BCUT2D eigenvalue weighted by molar-refractivity contribution is 6.48. The van der Waals surface area contributed by atoms with Crippen molar-refractivity contribution in [1.29, 1.82) is 5.26 Å². The molecule has 7 heteroatoms. The third-order valence-electron chi connectivity index (χ3n) is 1.71. The maximum absolute atomic E-state index is 11.6. The third kappa shape index (κ3) is 3.53. The number of nitrogens with one attached hydrogen (secondary N) is 1. The van der Waals surface area contributed by atoms with E-state index in [2.05, 4.69) is 25.3 Å². The fourth-order valence-corrected chi connectivity index (χ4v) is 1.16. The van der Waals surface area contributed by atoms with E-state index in [0.717, 1.165) is 5.69 Å². The first kappa shape index (κ1) is 12.6. The number of hydrogen-bond donors (Lipinski definition) is 1. The second kappa shape index (κ2) is 5.55. The SMILES string of the molecule is CON=C(C#N)C(=O)Nc1cc(C)nc(C)n1. The van der Waals surface area contributed by atoms with Crippen molar-refractivity contribution < 1.29 is 9.63 Å². The van der Waals surface area contributed by atoms with Crippen LogP contribution < -0.4 is 5.32 Å². The van der Waals surface area contributed by atoms with Gasteiger partial charge >= 0.3 is 0 Å². The standard InChI is InChI=1S/C10H11N5O2/c1-6-4-9(13-7(2)12-6)14-10(16)8(5-11)15-17-3/h4H,1-3H3,(H,12,13,14,16). The van der Waals surface area contributed by atoms with Crippen molar-refractivity contribution >= 4 is 17.4 Å². The van der Waals surface area contributed by atoms with E-state index in [1.165, 1.54) is 7.11 Å². The summed E-state index contributed by atoms with van der Waals surface area (Å²) < 4.78 is 0. The predicted molar refractivity (Wildman–Crippen MR) is 60.2 cm³/mol. The Hall–Kier alpha value is -2.49. The molecule has 0 atom stereocenters. The molecule has 1 amide bonds. The number of nitriles is 1. The van der Waals surface area contributed by atoms with E-state index in [1.807, 2.05) is 0 Å². The number of amides is 1. The number of rotatable bonds is 3. The summed E-state index contributed by atoms with van der Waals surface area (Å²) in [6.45, 7) is 3.48. The molecule has 0 spiro atoms. The van der Waals surface area contributed by atoms with E-state index in [1.54, 1.807) is 26.0 Å². The molecule has 1 rings (SSSR count). The number of anilines is 1. The smallest absolute Gasteiger partial charge is 0.289 e. The molecule has 17 heavy (non-hydrogen) atoms. The Bertz CT molecular complexity index is 484. The summed E-state index contributed by atoms with van der Waals surface area (Å²) in [5.74, 6) is 0.174. The van der Waals surface area contributed by atoms with Gasteiger partial charge in [-0.1, -0.05) is 5.16 Å². The van der Waals surface area contributed by atoms with Gasteiger partial charge in [0.25, 0.3) is 5.91 Å². The number of oxime groups is 1. The number of carbonyl (C=O) groups excluding carboxylic acids is 1. The Labute approximate surface area is 98.1 Å². The van der Waals surface area contributed by atoms with Crippen LogP contribution in [0, 0.1) is 25.2 Å². The fraction of sp³-hybridized carbons (Fsp3) is 0.300.